The van der Waals surface area contributed by atoms with Crippen molar-refractivity contribution in [2.24, 2.45) is 0 Å². The lowest BCUT2D eigenvalue weighted by atomic mass is 10.2. The van der Waals surface area contributed by atoms with Crippen molar-refractivity contribution in [3.63, 3.8) is 0 Å². The van der Waals surface area contributed by atoms with Crippen LogP contribution in [0, 0.1) is 0 Å². The number of methoxy groups -OCH3 is 2. The zero-order chi connectivity index (χ0) is 13.7. The van der Waals surface area contributed by atoms with E-state index in [1.165, 1.54) is 14.2 Å². The van der Waals surface area contributed by atoms with Crippen molar-refractivity contribution in [2.45, 2.75) is 0 Å². The Morgan fingerprint density at radius 1 is 0.842 bits per heavy atom. The van der Waals surface area contributed by atoms with Crippen LogP contribution in [0.25, 0.3) is 0 Å². The highest BCUT2D eigenvalue weighted by Gasteiger charge is 2.15. The van der Waals surface area contributed by atoms with Crippen LogP contribution >= 0.6 is 0 Å². The van der Waals surface area contributed by atoms with Crippen molar-refractivity contribution >= 4 is 5.97 Å². The largest absolute Gasteiger partial charge is 0.493 e. The van der Waals surface area contributed by atoms with Gasteiger partial charge in [-0.3, -0.25) is 0 Å². The molecule has 0 amide bonds. The van der Waals surface area contributed by atoms with Gasteiger partial charge in [0.15, 0.2) is 11.5 Å². The zero-order valence-electron chi connectivity index (χ0n) is 10.8. The molecular weight excluding hydrogens is 244 g/mol. The number of carbonyl (C=O) groups is 1. The van der Waals surface area contributed by atoms with Crippen LogP contribution in [-0.2, 0) is 0 Å². The molecule has 0 radical (unpaired) electrons. The van der Waals surface area contributed by atoms with E-state index in [1.807, 2.05) is 6.07 Å². The average Bonchev–Trinajstić information content (AvgIpc) is 2.47. The Balaban J connectivity index is 2.26. The summed E-state index contributed by atoms with van der Waals surface area (Å²) in [6.07, 6.45) is 0. The molecule has 98 valence electrons. The van der Waals surface area contributed by atoms with Crippen molar-refractivity contribution < 1.29 is 19.0 Å². The first-order chi connectivity index (χ1) is 9.26. The molecule has 0 saturated carbocycles. The fourth-order valence-corrected chi connectivity index (χ4v) is 1.67. The highest BCUT2D eigenvalue weighted by molar-refractivity contribution is 5.91. The van der Waals surface area contributed by atoms with E-state index in [-0.39, 0.29) is 0 Å². The zero-order valence-corrected chi connectivity index (χ0v) is 10.8. The second-order valence-corrected chi connectivity index (χ2v) is 3.75. The monoisotopic (exact) mass is 258 g/mol. The first-order valence-corrected chi connectivity index (χ1v) is 5.74. The van der Waals surface area contributed by atoms with Gasteiger partial charge in [-0.25, -0.2) is 4.79 Å². The van der Waals surface area contributed by atoms with Gasteiger partial charge in [0.05, 0.1) is 19.8 Å². The maximum absolute atomic E-state index is 12.0. The van der Waals surface area contributed by atoms with E-state index < -0.39 is 5.97 Å². The summed E-state index contributed by atoms with van der Waals surface area (Å²) >= 11 is 0. The van der Waals surface area contributed by atoms with Crippen LogP contribution in [0.3, 0.4) is 0 Å². The Kier molecular flexibility index (Phi) is 4.03. The second kappa shape index (κ2) is 5.91. The molecule has 2 rings (SSSR count). The summed E-state index contributed by atoms with van der Waals surface area (Å²) in [5.41, 5.74) is 0.479. The molecule has 0 fully saturated rings. The SMILES string of the molecule is COc1cccc(OC(=O)c2ccccc2)c1OC. The molecule has 0 saturated heterocycles. The summed E-state index contributed by atoms with van der Waals surface area (Å²) in [6, 6.07) is 13.9. The normalized spacial score (nSPS) is 9.79. The van der Waals surface area contributed by atoms with E-state index in [1.54, 1.807) is 42.5 Å². The summed E-state index contributed by atoms with van der Waals surface area (Å²) < 4.78 is 15.7. The molecular formula is C15H14O4. The molecule has 2 aromatic rings. The van der Waals surface area contributed by atoms with E-state index in [4.69, 9.17) is 14.2 Å². The van der Waals surface area contributed by atoms with Gasteiger partial charge in [-0.1, -0.05) is 24.3 Å². The predicted octanol–water partition coefficient (Wildman–Crippen LogP) is 2.92. The van der Waals surface area contributed by atoms with Crippen LogP contribution in [0.5, 0.6) is 17.2 Å². The van der Waals surface area contributed by atoms with Crippen molar-refractivity contribution in [1.29, 1.82) is 0 Å². The number of carbonyl (C=O) groups excluding carboxylic acids is 1. The Hall–Kier alpha value is -2.49. The number of rotatable bonds is 4. The first kappa shape index (κ1) is 13.0. The van der Waals surface area contributed by atoms with Gasteiger partial charge in [0, 0.05) is 0 Å². The maximum atomic E-state index is 12.0. The Labute approximate surface area is 111 Å². The summed E-state index contributed by atoms with van der Waals surface area (Å²) in [5.74, 6) is 0.804. The van der Waals surface area contributed by atoms with Gasteiger partial charge in [0.1, 0.15) is 0 Å². The number of hydrogen-bond donors (Lipinski definition) is 0. The van der Waals surface area contributed by atoms with Crippen molar-refractivity contribution in [3.05, 3.63) is 54.1 Å². The number of benzene rings is 2. The third-order valence-corrected chi connectivity index (χ3v) is 2.58. The van der Waals surface area contributed by atoms with Crippen LogP contribution in [-0.4, -0.2) is 20.2 Å². The number of ether oxygens (including phenoxy) is 3. The first-order valence-electron chi connectivity index (χ1n) is 5.74. The smallest absolute Gasteiger partial charge is 0.343 e. The van der Waals surface area contributed by atoms with Crippen LogP contribution in [0.15, 0.2) is 48.5 Å². The summed E-state index contributed by atoms with van der Waals surface area (Å²) in [5, 5.41) is 0. The predicted molar refractivity (Wildman–Crippen MR) is 70.9 cm³/mol. The maximum Gasteiger partial charge on any atom is 0.343 e. The molecule has 0 N–H and O–H groups in total. The number of hydrogen-bond acceptors (Lipinski definition) is 4. The molecule has 0 aliphatic carbocycles. The topological polar surface area (TPSA) is 44.8 Å². The molecule has 0 spiro atoms. The molecule has 0 unspecified atom stereocenters. The molecule has 0 aliphatic heterocycles. The van der Waals surface area contributed by atoms with Crippen LogP contribution < -0.4 is 14.2 Å². The summed E-state index contributed by atoms with van der Waals surface area (Å²) in [7, 11) is 3.03. The highest BCUT2D eigenvalue weighted by atomic mass is 16.6. The fourth-order valence-electron chi connectivity index (χ4n) is 1.67. The molecule has 19 heavy (non-hydrogen) atoms. The molecule has 0 bridgehead atoms. The van der Waals surface area contributed by atoms with Crippen molar-refractivity contribution in [1.82, 2.24) is 0 Å². The molecule has 0 aliphatic rings. The Morgan fingerprint density at radius 2 is 1.53 bits per heavy atom. The van der Waals surface area contributed by atoms with Crippen LogP contribution in [0.4, 0.5) is 0 Å². The van der Waals surface area contributed by atoms with Crippen LogP contribution in [0.1, 0.15) is 10.4 Å². The molecule has 2 aromatic carbocycles. The van der Waals surface area contributed by atoms with E-state index in [0.29, 0.717) is 22.8 Å². The van der Waals surface area contributed by atoms with Gasteiger partial charge in [-0.2, -0.15) is 0 Å². The lowest BCUT2D eigenvalue weighted by molar-refractivity contribution is 0.0729. The molecule has 4 nitrogen and oxygen atoms in total. The fraction of sp³-hybridized carbons (Fsp3) is 0.133. The van der Waals surface area contributed by atoms with Crippen LogP contribution in [0.2, 0.25) is 0 Å². The molecule has 0 atom stereocenters. The Bertz CT molecular complexity index is 564. The number of esters is 1. The lowest BCUT2D eigenvalue weighted by Crippen LogP contribution is -2.09. The molecule has 4 heteroatoms. The van der Waals surface area contributed by atoms with Crippen molar-refractivity contribution in [2.75, 3.05) is 14.2 Å². The Morgan fingerprint density at radius 3 is 2.16 bits per heavy atom. The molecule has 0 aromatic heterocycles. The van der Waals surface area contributed by atoms with Gasteiger partial charge in [0.25, 0.3) is 0 Å². The standard InChI is InChI=1S/C15H14O4/c1-17-12-9-6-10-13(14(12)18-2)19-15(16)11-7-4-3-5-8-11/h3-10H,1-2H3. The van der Waals surface area contributed by atoms with E-state index in [2.05, 4.69) is 0 Å². The van der Waals surface area contributed by atoms with E-state index in [9.17, 15) is 4.79 Å². The van der Waals surface area contributed by atoms with Gasteiger partial charge in [-0.15, -0.1) is 0 Å². The third kappa shape index (κ3) is 2.85. The van der Waals surface area contributed by atoms with Gasteiger partial charge in [-0.05, 0) is 24.3 Å². The van der Waals surface area contributed by atoms with E-state index >= 15 is 0 Å². The minimum absolute atomic E-state index is 0.329. The third-order valence-electron chi connectivity index (χ3n) is 2.58. The second-order valence-electron chi connectivity index (χ2n) is 3.75. The van der Waals surface area contributed by atoms with Gasteiger partial charge < -0.3 is 14.2 Å². The van der Waals surface area contributed by atoms with Crippen molar-refractivity contribution in [3.8, 4) is 17.2 Å². The molecule has 0 heterocycles. The minimum Gasteiger partial charge on any atom is -0.493 e. The van der Waals surface area contributed by atoms with Gasteiger partial charge >= 0.3 is 5.97 Å². The van der Waals surface area contributed by atoms with Gasteiger partial charge in [0.2, 0.25) is 5.75 Å². The highest BCUT2D eigenvalue weighted by Crippen LogP contribution is 2.36. The summed E-state index contributed by atoms with van der Waals surface area (Å²) in [6.45, 7) is 0. The van der Waals surface area contributed by atoms with E-state index in [0.717, 1.165) is 0 Å². The quantitative estimate of drug-likeness (QED) is 0.624. The minimum atomic E-state index is -0.438. The summed E-state index contributed by atoms with van der Waals surface area (Å²) in [4.78, 5) is 12.0. The average molecular weight is 258 g/mol. The lowest BCUT2D eigenvalue weighted by Gasteiger charge is -2.12. The number of para-hydroxylation sites is 1.